The maximum atomic E-state index is 5.42. The minimum atomic E-state index is 0.537. The third-order valence-corrected chi connectivity index (χ3v) is 3.16. The summed E-state index contributed by atoms with van der Waals surface area (Å²) in [4.78, 5) is 0. The van der Waals surface area contributed by atoms with E-state index in [1.54, 1.807) is 60.7 Å². The maximum Gasteiger partial charge on any atom is 0.0568 e. The Labute approximate surface area is 152 Å². The van der Waals surface area contributed by atoms with Crippen LogP contribution in [-0.4, -0.2) is 0 Å². The Morgan fingerprint density at radius 2 is 0.577 bits per heavy atom. The van der Waals surface area contributed by atoms with Gasteiger partial charge in [-0.25, -0.2) is 0 Å². The molecule has 3 rings (SSSR count). The van der Waals surface area contributed by atoms with Gasteiger partial charge in [0.25, 0.3) is 0 Å². The highest BCUT2D eigenvalue weighted by molar-refractivity contribution is 5.68. The zero-order valence-electron chi connectivity index (χ0n) is 14.4. The SMILES string of the molecule is Nc1ccc(N)c(N)c1.Nc1ccc(N)c(N)c1.Nc1ccc(N)cc1. The molecule has 0 spiro atoms. The predicted molar refractivity (Wildman–Crippen MR) is 115 cm³/mol. The van der Waals surface area contributed by atoms with Crippen LogP contribution in [0.3, 0.4) is 0 Å². The number of nitrogen functional groups attached to an aromatic ring is 8. The summed E-state index contributed by atoms with van der Waals surface area (Å²) < 4.78 is 0. The molecule has 138 valence electrons. The Balaban J connectivity index is 0.000000195. The van der Waals surface area contributed by atoms with E-state index in [1.165, 1.54) is 0 Å². The third kappa shape index (κ3) is 7.09. The molecule has 0 saturated heterocycles. The van der Waals surface area contributed by atoms with Crippen molar-refractivity contribution < 1.29 is 0 Å². The van der Waals surface area contributed by atoms with E-state index in [9.17, 15) is 0 Å². The fraction of sp³-hybridized carbons (Fsp3) is 0. The highest BCUT2D eigenvalue weighted by Gasteiger charge is 1.91. The number of benzene rings is 3. The quantitative estimate of drug-likeness (QED) is 0.278. The van der Waals surface area contributed by atoms with Crippen molar-refractivity contribution in [2.75, 3.05) is 45.9 Å². The van der Waals surface area contributed by atoms with Gasteiger partial charge in [-0.1, -0.05) is 0 Å². The second-order valence-corrected chi connectivity index (χ2v) is 5.44. The number of anilines is 8. The van der Waals surface area contributed by atoms with Crippen LogP contribution >= 0.6 is 0 Å². The molecule has 0 aliphatic heterocycles. The lowest BCUT2D eigenvalue weighted by Gasteiger charge is -1.98. The molecule has 8 heteroatoms. The van der Waals surface area contributed by atoms with Crippen molar-refractivity contribution in [2.24, 2.45) is 0 Å². The van der Waals surface area contributed by atoms with Crippen LogP contribution in [-0.2, 0) is 0 Å². The number of hydrogen-bond donors (Lipinski definition) is 8. The molecule has 0 fully saturated rings. The van der Waals surface area contributed by atoms with Gasteiger partial charge in [-0.15, -0.1) is 0 Å². The van der Waals surface area contributed by atoms with Crippen LogP contribution in [0.1, 0.15) is 0 Å². The molecule has 0 unspecified atom stereocenters. The normalized spacial score (nSPS) is 9.23. The largest absolute Gasteiger partial charge is 0.399 e. The van der Waals surface area contributed by atoms with Crippen LogP contribution in [0.25, 0.3) is 0 Å². The zero-order chi connectivity index (χ0) is 19.7. The summed E-state index contributed by atoms with van der Waals surface area (Å²) in [5, 5.41) is 0. The van der Waals surface area contributed by atoms with Crippen LogP contribution < -0.4 is 45.9 Å². The van der Waals surface area contributed by atoms with E-state index in [4.69, 9.17) is 45.9 Å². The van der Waals surface area contributed by atoms with Crippen molar-refractivity contribution in [2.45, 2.75) is 0 Å². The molecule has 0 bridgehead atoms. The van der Waals surface area contributed by atoms with Crippen LogP contribution in [0.2, 0.25) is 0 Å². The molecule has 0 aromatic heterocycles. The molecule has 3 aromatic rings. The topological polar surface area (TPSA) is 208 Å². The van der Waals surface area contributed by atoms with E-state index in [-0.39, 0.29) is 0 Å². The van der Waals surface area contributed by atoms with E-state index < -0.39 is 0 Å². The van der Waals surface area contributed by atoms with Gasteiger partial charge in [-0.3, -0.25) is 0 Å². The van der Waals surface area contributed by atoms with Crippen molar-refractivity contribution in [3.05, 3.63) is 60.7 Å². The summed E-state index contributed by atoms with van der Waals surface area (Å²) in [6.45, 7) is 0. The van der Waals surface area contributed by atoms with Gasteiger partial charge in [0.15, 0.2) is 0 Å². The molecule has 0 radical (unpaired) electrons. The summed E-state index contributed by atoms with van der Waals surface area (Å²) in [6.07, 6.45) is 0. The van der Waals surface area contributed by atoms with Crippen molar-refractivity contribution in [1.29, 1.82) is 0 Å². The van der Waals surface area contributed by atoms with Gasteiger partial charge in [0.1, 0.15) is 0 Å². The molecule has 0 saturated carbocycles. The number of rotatable bonds is 0. The van der Waals surface area contributed by atoms with Crippen molar-refractivity contribution in [1.82, 2.24) is 0 Å². The Bertz CT molecular complexity index is 761. The predicted octanol–water partition coefficient (Wildman–Crippen LogP) is 1.72. The van der Waals surface area contributed by atoms with Gasteiger partial charge in [0.2, 0.25) is 0 Å². The lowest BCUT2D eigenvalue weighted by atomic mass is 10.2. The van der Waals surface area contributed by atoms with E-state index in [0.717, 1.165) is 11.4 Å². The highest BCUT2D eigenvalue weighted by Crippen LogP contribution is 2.17. The smallest absolute Gasteiger partial charge is 0.0568 e. The fourth-order valence-corrected chi connectivity index (χ4v) is 1.68. The van der Waals surface area contributed by atoms with E-state index in [0.29, 0.717) is 34.1 Å². The standard InChI is InChI=1S/2C6H9N3.C6H8N2/c2*7-4-1-2-5(8)6(9)3-4;7-5-1-2-6(8)4-3-5/h2*1-3H,7-9H2;1-4H,7-8H2. The molecule has 8 nitrogen and oxygen atoms in total. The van der Waals surface area contributed by atoms with Gasteiger partial charge >= 0.3 is 0 Å². The molecular weight excluding hydrogens is 328 g/mol. The van der Waals surface area contributed by atoms with Gasteiger partial charge in [-0.05, 0) is 60.7 Å². The van der Waals surface area contributed by atoms with Crippen molar-refractivity contribution in [3.63, 3.8) is 0 Å². The highest BCUT2D eigenvalue weighted by atomic mass is 14.7. The van der Waals surface area contributed by atoms with Gasteiger partial charge in [0.05, 0.1) is 22.7 Å². The minimum Gasteiger partial charge on any atom is -0.399 e. The summed E-state index contributed by atoms with van der Waals surface area (Å²) >= 11 is 0. The monoisotopic (exact) mass is 354 g/mol. The first-order chi connectivity index (χ1) is 12.2. The number of hydrogen-bond acceptors (Lipinski definition) is 8. The summed E-state index contributed by atoms with van der Waals surface area (Å²) in [5.74, 6) is 0. The van der Waals surface area contributed by atoms with Crippen molar-refractivity contribution in [3.8, 4) is 0 Å². The van der Waals surface area contributed by atoms with Gasteiger partial charge in [0, 0.05) is 22.7 Å². The Kier molecular flexibility index (Phi) is 7.25. The molecule has 3 aromatic carbocycles. The molecule has 0 aliphatic carbocycles. The van der Waals surface area contributed by atoms with E-state index >= 15 is 0 Å². The lowest BCUT2D eigenvalue weighted by Crippen LogP contribution is -1.95. The summed E-state index contributed by atoms with van der Waals surface area (Å²) in [6, 6.07) is 17.2. The Hall–Kier alpha value is -3.94. The average molecular weight is 354 g/mol. The molecular formula is C18H26N8. The average Bonchev–Trinajstić information content (AvgIpc) is 2.59. The molecule has 0 heterocycles. The van der Waals surface area contributed by atoms with E-state index in [1.807, 2.05) is 0 Å². The van der Waals surface area contributed by atoms with Crippen LogP contribution in [0, 0.1) is 0 Å². The third-order valence-electron chi connectivity index (χ3n) is 3.16. The lowest BCUT2D eigenvalue weighted by molar-refractivity contribution is 1.65. The van der Waals surface area contributed by atoms with Crippen LogP contribution in [0.5, 0.6) is 0 Å². The first-order valence-corrected chi connectivity index (χ1v) is 7.61. The fourth-order valence-electron chi connectivity index (χ4n) is 1.68. The van der Waals surface area contributed by atoms with Crippen LogP contribution in [0.15, 0.2) is 60.7 Å². The molecule has 0 aliphatic rings. The van der Waals surface area contributed by atoms with Gasteiger partial charge < -0.3 is 45.9 Å². The molecule has 0 atom stereocenters. The maximum absolute atomic E-state index is 5.42. The summed E-state index contributed by atoms with van der Waals surface area (Å²) in [7, 11) is 0. The Morgan fingerprint density at radius 3 is 0.808 bits per heavy atom. The molecule has 16 N–H and O–H groups in total. The second kappa shape index (κ2) is 9.38. The molecule has 0 amide bonds. The first-order valence-electron chi connectivity index (χ1n) is 7.61. The number of nitrogens with two attached hydrogens (primary N) is 8. The summed E-state index contributed by atoms with van der Waals surface area (Å²) in [5.41, 5.74) is 48.2. The van der Waals surface area contributed by atoms with Gasteiger partial charge in [-0.2, -0.15) is 0 Å². The van der Waals surface area contributed by atoms with Crippen molar-refractivity contribution >= 4 is 45.5 Å². The first kappa shape index (κ1) is 20.1. The Morgan fingerprint density at radius 1 is 0.308 bits per heavy atom. The minimum absolute atomic E-state index is 0.537. The zero-order valence-corrected chi connectivity index (χ0v) is 14.4. The van der Waals surface area contributed by atoms with Crippen LogP contribution in [0.4, 0.5) is 45.5 Å². The van der Waals surface area contributed by atoms with E-state index in [2.05, 4.69) is 0 Å². The molecule has 26 heavy (non-hydrogen) atoms. The second-order valence-electron chi connectivity index (χ2n) is 5.44.